The Hall–Kier alpha value is -3.83. The van der Waals surface area contributed by atoms with E-state index in [1.165, 1.54) is 4.90 Å². The Morgan fingerprint density at radius 3 is 2.45 bits per heavy atom. The summed E-state index contributed by atoms with van der Waals surface area (Å²) >= 11 is 6.06. The number of aliphatic hydroxyl groups is 1. The van der Waals surface area contributed by atoms with E-state index in [0.29, 0.717) is 27.2 Å². The standard InChI is InChI=1S/C27H20ClNO4/c1-2-16-8-11-20(12-9-16)29-24(17-6-4-3-5-7-17)23(26(31)27(29)32)25(30)22-15-18-14-19(28)10-13-21(18)33-22/h3-15,24,31H,2H2,1H3. The van der Waals surface area contributed by atoms with Gasteiger partial charge in [0.2, 0.25) is 5.78 Å². The molecule has 3 aromatic carbocycles. The Kier molecular flexibility index (Phi) is 5.27. The summed E-state index contributed by atoms with van der Waals surface area (Å²) in [6, 6.07) is 22.5. The number of benzene rings is 3. The predicted octanol–water partition coefficient (Wildman–Crippen LogP) is 6.43. The molecule has 1 aliphatic heterocycles. The number of Topliss-reactive ketones (excluding diaryl/α,β-unsaturated/α-hetero) is 1. The Morgan fingerprint density at radius 2 is 1.76 bits per heavy atom. The monoisotopic (exact) mass is 457 g/mol. The molecule has 1 amide bonds. The summed E-state index contributed by atoms with van der Waals surface area (Å²) in [5.74, 6) is -1.72. The zero-order chi connectivity index (χ0) is 23.1. The van der Waals surface area contributed by atoms with Gasteiger partial charge in [-0.15, -0.1) is 0 Å². The highest BCUT2D eigenvalue weighted by atomic mass is 35.5. The van der Waals surface area contributed by atoms with Crippen molar-refractivity contribution < 1.29 is 19.1 Å². The normalized spacial score (nSPS) is 16.1. The molecule has 1 N–H and O–H groups in total. The summed E-state index contributed by atoms with van der Waals surface area (Å²) < 4.78 is 5.75. The second kappa shape index (κ2) is 8.26. The molecule has 33 heavy (non-hydrogen) atoms. The molecule has 0 bridgehead atoms. The van der Waals surface area contributed by atoms with E-state index < -0.39 is 23.5 Å². The van der Waals surface area contributed by atoms with E-state index >= 15 is 0 Å². The lowest BCUT2D eigenvalue weighted by molar-refractivity contribution is -0.117. The zero-order valence-corrected chi connectivity index (χ0v) is 18.5. The van der Waals surface area contributed by atoms with Crippen molar-refractivity contribution in [2.24, 2.45) is 0 Å². The van der Waals surface area contributed by atoms with Crippen LogP contribution in [0, 0.1) is 0 Å². The van der Waals surface area contributed by atoms with Crippen LogP contribution in [0.3, 0.4) is 0 Å². The zero-order valence-electron chi connectivity index (χ0n) is 17.8. The first-order valence-corrected chi connectivity index (χ1v) is 11.0. The van der Waals surface area contributed by atoms with Crippen LogP contribution in [-0.4, -0.2) is 16.8 Å². The molecule has 4 aromatic rings. The molecule has 164 valence electrons. The molecular formula is C27H20ClNO4. The number of aliphatic hydroxyl groups excluding tert-OH is 1. The lowest BCUT2D eigenvalue weighted by atomic mass is 9.94. The van der Waals surface area contributed by atoms with Gasteiger partial charge in [0.15, 0.2) is 11.5 Å². The smallest absolute Gasteiger partial charge is 0.294 e. The van der Waals surface area contributed by atoms with Crippen molar-refractivity contribution in [3.05, 3.63) is 112 Å². The lowest BCUT2D eigenvalue weighted by Crippen LogP contribution is -2.31. The number of nitrogens with zero attached hydrogens (tertiary/aromatic N) is 1. The van der Waals surface area contributed by atoms with E-state index in [0.717, 1.165) is 12.0 Å². The molecule has 5 rings (SSSR count). The molecule has 0 aliphatic carbocycles. The molecule has 1 aromatic heterocycles. The second-order valence-corrected chi connectivity index (χ2v) is 8.33. The number of carbonyl (C=O) groups is 2. The number of furan rings is 1. The van der Waals surface area contributed by atoms with E-state index in [1.807, 2.05) is 61.5 Å². The van der Waals surface area contributed by atoms with Crippen molar-refractivity contribution >= 4 is 39.9 Å². The topological polar surface area (TPSA) is 70.8 Å². The molecule has 0 fully saturated rings. The van der Waals surface area contributed by atoms with Crippen LogP contribution in [0.5, 0.6) is 0 Å². The highest BCUT2D eigenvalue weighted by Gasteiger charge is 2.45. The maximum atomic E-state index is 13.6. The average Bonchev–Trinajstić information content (AvgIpc) is 3.38. The Labute approximate surface area is 195 Å². The molecule has 0 saturated carbocycles. The van der Waals surface area contributed by atoms with Crippen LogP contribution >= 0.6 is 11.6 Å². The fourth-order valence-electron chi connectivity index (χ4n) is 4.21. The van der Waals surface area contributed by atoms with E-state index in [1.54, 1.807) is 24.3 Å². The average molecular weight is 458 g/mol. The molecular weight excluding hydrogens is 438 g/mol. The first-order chi connectivity index (χ1) is 16.0. The van der Waals surface area contributed by atoms with Gasteiger partial charge in [0.1, 0.15) is 5.58 Å². The van der Waals surface area contributed by atoms with Crippen LogP contribution in [0.2, 0.25) is 5.02 Å². The summed E-state index contributed by atoms with van der Waals surface area (Å²) in [4.78, 5) is 28.3. The number of halogens is 1. The molecule has 1 unspecified atom stereocenters. The van der Waals surface area contributed by atoms with E-state index in [2.05, 4.69) is 0 Å². The van der Waals surface area contributed by atoms with Gasteiger partial charge in [-0.25, -0.2) is 0 Å². The van der Waals surface area contributed by atoms with Gasteiger partial charge in [-0.1, -0.05) is 61.0 Å². The van der Waals surface area contributed by atoms with Gasteiger partial charge < -0.3 is 9.52 Å². The molecule has 0 radical (unpaired) electrons. The number of rotatable bonds is 5. The van der Waals surface area contributed by atoms with Gasteiger partial charge in [0.05, 0.1) is 11.6 Å². The summed E-state index contributed by atoms with van der Waals surface area (Å²) in [6.45, 7) is 2.05. The first kappa shape index (κ1) is 21.0. The minimum atomic E-state index is -0.796. The van der Waals surface area contributed by atoms with Crippen LogP contribution < -0.4 is 4.90 Å². The maximum Gasteiger partial charge on any atom is 0.294 e. The number of aryl methyl sites for hydroxylation is 1. The summed E-state index contributed by atoms with van der Waals surface area (Å²) in [7, 11) is 0. The molecule has 2 heterocycles. The lowest BCUT2D eigenvalue weighted by Gasteiger charge is -2.27. The second-order valence-electron chi connectivity index (χ2n) is 7.89. The third kappa shape index (κ3) is 3.60. The number of hydrogen-bond donors (Lipinski definition) is 1. The van der Waals surface area contributed by atoms with E-state index in [9.17, 15) is 14.7 Å². The molecule has 0 spiro atoms. The molecule has 5 nitrogen and oxygen atoms in total. The van der Waals surface area contributed by atoms with Crippen LogP contribution in [-0.2, 0) is 11.2 Å². The third-order valence-electron chi connectivity index (χ3n) is 5.89. The fraction of sp³-hybridized carbons (Fsp3) is 0.111. The highest BCUT2D eigenvalue weighted by Crippen LogP contribution is 2.42. The minimum Gasteiger partial charge on any atom is -0.503 e. The highest BCUT2D eigenvalue weighted by molar-refractivity contribution is 6.31. The SMILES string of the molecule is CCc1ccc(N2C(=O)C(O)=C(C(=O)c3cc4cc(Cl)ccc4o3)C2c2ccccc2)cc1. The van der Waals surface area contributed by atoms with Gasteiger partial charge in [0, 0.05) is 16.1 Å². The van der Waals surface area contributed by atoms with Crippen molar-refractivity contribution in [2.75, 3.05) is 4.90 Å². The van der Waals surface area contributed by atoms with Gasteiger partial charge in [-0.2, -0.15) is 0 Å². The number of ketones is 1. The van der Waals surface area contributed by atoms with Gasteiger partial charge in [-0.05, 0) is 53.9 Å². The molecule has 1 aliphatic rings. The third-order valence-corrected chi connectivity index (χ3v) is 6.13. The quantitative estimate of drug-likeness (QED) is 0.350. The van der Waals surface area contributed by atoms with Crippen LogP contribution in [0.15, 0.2) is 94.6 Å². The summed E-state index contributed by atoms with van der Waals surface area (Å²) in [5.41, 5.74) is 2.90. The van der Waals surface area contributed by atoms with Gasteiger partial charge >= 0.3 is 0 Å². The van der Waals surface area contributed by atoms with E-state index in [4.69, 9.17) is 16.0 Å². The van der Waals surface area contributed by atoms with Crippen molar-refractivity contribution in [2.45, 2.75) is 19.4 Å². The summed E-state index contributed by atoms with van der Waals surface area (Å²) in [5, 5.41) is 12.1. The van der Waals surface area contributed by atoms with Crippen LogP contribution in [0.4, 0.5) is 5.69 Å². The molecule has 0 saturated heterocycles. The van der Waals surface area contributed by atoms with Crippen molar-refractivity contribution in [3.8, 4) is 0 Å². The number of hydrogen-bond acceptors (Lipinski definition) is 4. The Balaban J connectivity index is 1.63. The predicted molar refractivity (Wildman–Crippen MR) is 128 cm³/mol. The van der Waals surface area contributed by atoms with Crippen molar-refractivity contribution in [1.29, 1.82) is 0 Å². The van der Waals surface area contributed by atoms with Gasteiger partial charge in [-0.3, -0.25) is 14.5 Å². The number of carbonyl (C=O) groups excluding carboxylic acids is 2. The number of amides is 1. The van der Waals surface area contributed by atoms with Crippen LogP contribution in [0.1, 0.15) is 34.6 Å². The number of anilines is 1. The van der Waals surface area contributed by atoms with E-state index in [-0.39, 0.29) is 11.3 Å². The minimum absolute atomic E-state index is 0.0177. The van der Waals surface area contributed by atoms with Crippen molar-refractivity contribution in [1.82, 2.24) is 0 Å². The Bertz CT molecular complexity index is 1400. The van der Waals surface area contributed by atoms with Crippen LogP contribution in [0.25, 0.3) is 11.0 Å². The Morgan fingerprint density at radius 1 is 1.03 bits per heavy atom. The summed E-state index contributed by atoms with van der Waals surface area (Å²) in [6.07, 6.45) is 0.861. The fourth-order valence-corrected chi connectivity index (χ4v) is 4.39. The van der Waals surface area contributed by atoms with Gasteiger partial charge in [0.25, 0.3) is 5.91 Å². The molecule has 1 atom stereocenters. The molecule has 6 heteroatoms. The largest absolute Gasteiger partial charge is 0.503 e. The maximum absolute atomic E-state index is 13.6. The number of fused-ring (bicyclic) bond motifs is 1. The van der Waals surface area contributed by atoms with Crippen molar-refractivity contribution in [3.63, 3.8) is 0 Å². The first-order valence-electron chi connectivity index (χ1n) is 10.6.